The van der Waals surface area contributed by atoms with E-state index < -0.39 is 35.7 Å². The van der Waals surface area contributed by atoms with E-state index in [1.807, 2.05) is 6.07 Å². The lowest BCUT2D eigenvalue weighted by Crippen LogP contribution is -2.33. The zero-order valence-corrected chi connectivity index (χ0v) is 19.1. The second-order valence-electron chi connectivity index (χ2n) is 7.72. The van der Waals surface area contributed by atoms with Crippen LogP contribution in [-0.2, 0) is 22.5 Å². The van der Waals surface area contributed by atoms with Crippen molar-refractivity contribution in [2.75, 3.05) is 18.0 Å². The van der Waals surface area contributed by atoms with Crippen LogP contribution in [0.15, 0.2) is 54.7 Å². The monoisotopic (exact) mass is 486 g/mol. The molecule has 1 aromatic heterocycles. The third-order valence-corrected chi connectivity index (χ3v) is 6.48. The van der Waals surface area contributed by atoms with Crippen molar-refractivity contribution in [1.82, 2.24) is 4.98 Å². The van der Waals surface area contributed by atoms with Gasteiger partial charge < -0.3 is 14.6 Å². The molecule has 0 radical (unpaired) electrons. The molecule has 0 saturated heterocycles. The Morgan fingerprint density at radius 2 is 2.06 bits per heavy atom. The Kier molecular flexibility index (Phi) is 7.09. The van der Waals surface area contributed by atoms with Crippen LogP contribution in [0.1, 0.15) is 30.0 Å². The molecule has 0 amide bonds. The minimum atomic E-state index is -2.36. The standard InChI is InChI=1S/C24H23FN2O6S/c1-32-22-11-8-15(25)12-19(22)20-10-9-16(13-26-20)27(34(30)31)21-6-2-5-18-17(21)4-3-7-23(18)33-14-24(28)29/h3-4,7-13,21H,2,5-6,14H2,1H3,(H,28,29)(H,30,31). The van der Waals surface area contributed by atoms with Crippen LogP contribution in [0.3, 0.4) is 0 Å². The summed E-state index contributed by atoms with van der Waals surface area (Å²) < 4.78 is 48.5. The molecular weight excluding hydrogens is 463 g/mol. The average Bonchev–Trinajstić information content (AvgIpc) is 2.83. The number of fused-ring (bicyclic) bond motifs is 1. The van der Waals surface area contributed by atoms with Crippen LogP contribution in [0.2, 0.25) is 0 Å². The predicted octanol–water partition coefficient (Wildman–Crippen LogP) is 4.38. The van der Waals surface area contributed by atoms with Crippen LogP contribution in [0.4, 0.5) is 10.1 Å². The maximum absolute atomic E-state index is 13.8. The number of halogens is 1. The van der Waals surface area contributed by atoms with Gasteiger partial charge in [-0.05, 0) is 66.8 Å². The number of nitrogens with zero attached hydrogens (tertiary/aromatic N) is 2. The minimum absolute atomic E-state index is 0.412. The number of hydrogen-bond acceptors (Lipinski definition) is 5. The highest BCUT2D eigenvalue weighted by atomic mass is 32.2. The Bertz CT molecular complexity index is 1220. The van der Waals surface area contributed by atoms with E-state index in [2.05, 4.69) is 4.98 Å². The van der Waals surface area contributed by atoms with Crippen molar-refractivity contribution in [3.05, 3.63) is 71.7 Å². The number of rotatable bonds is 8. The second kappa shape index (κ2) is 10.2. The summed E-state index contributed by atoms with van der Waals surface area (Å²) in [5, 5.41) is 8.95. The summed E-state index contributed by atoms with van der Waals surface area (Å²) in [7, 11) is 1.48. The third-order valence-electron chi connectivity index (χ3n) is 5.67. The summed E-state index contributed by atoms with van der Waals surface area (Å²) in [5.41, 5.74) is 2.96. The number of aromatic nitrogens is 1. The molecule has 178 valence electrons. The van der Waals surface area contributed by atoms with Gasteiger partial charge >= 0.3 is 5.97 Å². The first-order valence-electron chi connectivity index (χ1n) is 10.6. The third kappa shape index (κ3) is 4.87. The fourth-order valence-electron chi connectivity index (χ4n) is 4.24. The van der Waals surface area contributed by atoms with Crippen molar-refractivity contribution in [2.24, 2.45) is 0 Å². The molecule has 4 rings (SSSR count). The molecule has 2 N–H and O–H groups in total. The Balaban J connectivity index is 1.68. The highest BCUT2D eigenvalue weighted by molar-refractivity contribution is 7.80. The van der Waals surface area contributed by atoms with Gasteiger partial charge in [-0.2, -0.15) is 0 Å². The number of aliphatic carboxylic acids is 1. The van der Waals surface area contributed by atoms with Gasteiger partial charge in [0.25, 0.3) is 11.3 Å². The largest absolute Gasteiger partial charge is 0.496 e. The van der Waals surface area contributed by atoms with Crippen molar-refractivity contribution in [2.45, 2.75) is 25.3 Å². The normalized spacial score (nSPS) is 15.8. The molecular formula is C24H23FN2O6S. The molecule has 2 atom stereocenters. The predicted molar refractivity (Wildman–Crippen MR) is 125 cm³/mol. The van der Waals surface area contributed by atoms with Crippen molar-refractivity contribution < 1.29 is 32.5 Å². The van der Waals surface area contributed by atoms with Crippen LogP contribution in [0.25, 0.3) is 11.3 Å². The number of benzene rings is 2. The number of anilines is 1. The Morgan fingerprint density at radius 3 is 2.74 bits per heavy atom. The highest BCUT2D eigenvalue weighted by Crippen LogP contribution is 2.41. The maximum Gasteiger partial charge on any atom is 0.341 e. The van der Waals surface area contributed by atoms with Gasteiger partial charge in [0.15, 0.2) is 6.61 Å². The van der Waals surface area contributed by atoms with Gasteiger partial charge in [-0.3, -0.25) is 13.8 Å². The Hall–Kier alpha value is -3.50. The van der Waals surface area contributed by atoms with E-state index in [-0.39, 0.29) is 0 Å². The molecule has 0 fully saturated rings. The van der Waals surface area contributed by atoms with Gasteiger partial charge in [0, 0.05) is 5.56 Å². The quantitative estimate of drug-likeness (QED) is 0.455. The van der Waals surface area contributed by atoms with Gasteiger partial charge in [-0.1, -0.05) is 12.1 Å². The molecule has 0 spiro atoms. The number of methoxy groups -OCH3 is 1. The zero-order chi connectivity index (χ0) is 24.2. The summed E-state index contributed by atoms with van der Waals surface area (Å²) in [4.78, 5) is 15.3. The van der Waals surface area contributed by atoms with Crippen molar-refractivity contribution >= 4 is 22.9 Å². The van der Waals surface area contributed by atoms with E-state index >= 15 is 0 Å². The fourth-order valence-corrected chi connectivity index (χ4v) is 4.97. The number of ether oxygens (including phenoxy) is 2. The maximum atomic E-state index is 13.8. The molecule has 1 aliphatic rings. The highest BCUT2D eigenvalue weighted by Gasteiger charge is 2.31. The molecule has 2 unspecified atom stereocenters. The summed E-state index contributed by atoms with van der Waals surface area (Å²) in [6.45, 7) is -0.467. The summed E-state index contributed by atoms with van der Waals surface area (Å²) in [5.74, 6) is -0.595. The molecule has 10 heteroatoms. The first-order valence-corrected chi connectivity index (χ1v) is 11.6. The number of pyridine rings is 1. The fraction of sp³-hybridized carbons (Fsp3) is 0.250. The molecule has 0 saturated carbocycles. The number of carboxylic acid groups (broad SMARTS) is 1. The van der Waals surface area contributed by atoms with E-state index in [0.29, 0.717) is 41.3 Å². The topological polar surface area (TPSA) is 109 Å². The first kappa shape index (κ1) is 23.7. The molecule has 8 nitrogen and oxygen atoms in total. The molecule has 1 heterocycles. The zero-order valence-electron chi connectivity index (χ0n) is 18.3. The average molecular weight is 487 g/mol. The van der Waals surface area contributed by atoms with Crippen LogP contribution in [0.5, 0.6) is 11.5 Å². The number of carbonyl (C=O) groups is 1. The molecule has 0 aliphatic heterocycles. The van der Waals surface area contributed by atoms with Crippen LogP contribution in [-0.4, -0.2) is 38.5 Å². The summed E-state index contributed by atoms with van der Waals surface area (Å²) in [6.07, 6.45) is 3.48. The van der Waals surface area contributed by atoms with E-state index in [9.17, 15) is 17.9 Å². The van der Waals surface area contributed by atoms with E-state index in [0.717, 1.165) is 17.5 Å². The van der Waals surface area contributed by atoms with Crippen LogP contribution >= 0.6 is 0 Å². The molecule has 34 heavy (non-hydrogen) atoms. The lowest BCUT2D eigenvalue weighted by atomic mass is 9.87. The van der Waals surface area contributed by atoms with Crippen molar-refractivity contribution in [3.63, 3.8) is 0 Å². The van der Waals surface area contributed by atoms with E-state index in [1.54, 1.807) is 24.3 Å². The molecule has 0 bridgehead atoms. The van der Waals surface area contributed by atoms with E-state index in [4.69, 9.17) is 14.6 Å². The van der Waals surface area contributed by atoms with Gasteiger partial charge in [0.1, 0.15) is 17.3 Å². The van der Waals surface area contributed by atoms with Gasteiger partial charge in [-0.15, -0.1) is 0 Å². The second-order valence-corrected chi connectivity index (χ2v) is 8.57. The molecule has 3 aromatic rings. The van der Waals surface area contributed by atoms with Crippen molar-refractivity contribution in [3.8, 4) is 22.8 Å². The number of carboxylic acids is 1. The van der Waals surface area contributed by atoms with Crippen LogP contribution < -0.4 is 13.8 Å². The summed E-state index contributed by atoms with van der Waals surface area (Å²) >= 11 is -2.36. The van der Waals surface area contributed by atoms with Gasteiger partial charge in [-0.25, -0.2) is 13.4 Å². The summed E-state index contributed by atoms with van der Waals surface area (Å²) in [6, 6.07) is 12.3. The lowest BCUT2D eigenvalue weighted by Gasteiger charge is -2.34. The SMILES string of the molecule is COc1ccc(F)cc1-c1ccc(N(C2CCCc3c(OCC(=O)O)cccc32)S(=O)O)cn1. The molecule has 1 aliphatic carbocycles. The smallest absolute Gasteiger partial charge is 0.341 e. The molecule has 2 aromatic carbocycles. The van der Waals surface area contributed by atoms with Gasteiger partial charge in [0.2, 0.25) is 0 Å². The first-order chi connectivity index (χ1) is 16.4. The lowest BCUT2D eigenvalue weighted by molar-refractivity contribution is -0.139. The van der Waals surface area contributed by atoms with E-state index in [1.165, 1.54) is 35.8 Å². The Labute approximate surface area is 198 Å². The van der Waals surface area contributed by atoms with Crippen molar-refractivity contribution in [1.29, 1.82) is 0 Å². The minimum Gasteiger partial charge on any atom is -0.496 e. The van der Waals surface area contributed by atoms with Gasteiger partial charge in [0.05, 0.1) is 30.7 Å². The van der Waals surface area contributed by atoms with Crippen LogP contribution in [0, 0.1) is 5.82 Å². The number of hydrogen-bond donors (Lipinski definition) is 2. The Morgan fingerprint density at radius 1 is 1.24 bits per heavy atom.